The first kappa shape index (κ1) is 17.9. The van der Waals surface area contributed by atoms with Crippen molar-refractivity contribution in [3.8, 4) is 0 Å². The van der Waals surface area contributed by atoms with Crippen molar-refractivity contribution in [3.63, 3.8) is 0 Å². The molecule has 4 N–H and O–H groups in total. The molecule has 0 aliphatic carbocycles. The predicted molar refractivity (Wildman–Crippen MR) is 103 cm³/mol. The molecule has 2 aromatic rings. The minimum absolute atomic E-state index is 0.0918. The van der Waals surface area contributed by atoms with Gasteiger partial charge in [-0.3, -0.25) is 4.79 Å². The lowest BCUT2D eigenvalue weighted by atomic mass is 9.99. The Labute approximate surface area is 153 Å². The summed E-state index contributed by atoms with van der Waals surface area (Å²) in [5.41, 5.74) is 1.93. The molecule has 2 unspecified atom stereocenters. The van der Waals surface area contributed by atoms with Crippen LogP contribution in [0.4, 0.5) is 16.2 Å². The number of piperidine rings is 1. The second kappa shape index (κ2) is 8.49. The molecule has 0 saturated carbocycles. The Morgan fingerprint density at radius 2 is 1.62 bits per heavy atom. The zero-order chi connectivity index (χ0) is 18.4. The minimum atomic E-state index is -0.324. The normalized spacial score (nSPS) is 19.4. The number of hydrogen-bond acceptors (Lipinski definition) is 3. The maximum absolute atomic E-state index is 12.4. The lowest BCUT2D eigenvalue weighted by Gasteiger charge is -2.30. The molecule has 0 aromatic heterocycles. The van der Waals surface area contributed by atoms with Crippen LogP contribution < -0.4 is 21.3 Å². The fourth-order valence-electron chi connectivity index (χ4n) is 3.01. The van der Waals surface area contributed by atoms with Crippen molar-refractivity contribution in [2.75, 3.05) is 17.2 Å². The van der Waals surface area contributed by atoms with E-state index in [0.29, 0.717) is 11.3 Å². The number of hydrogen-bond donors (Lipinski definition) is 4. The molecular weight excluding hydrogens is 328 g/mol. The van der Waals surface area contributed by atoms with E-state index in [1.165, 1.54) is 0 Å². The van der Waals surface area contributed by atoms with Gasteiger partial charge >= 0.3 is 6.03 Å². The van der Waals surface area contributed by atoms with Crippen molar-refractivity contribution in [3.05, 3.63) is 60.2 Å². The molecule has 0 radical (unpaired) electrons. The average molecular weight is 352 g/mol. The third-order valence-corrected chi connectivity index (χ3v) is 4.51. The first-order valence-electron chi connectivity index (χ1n) is 8.89. The highest BCUT2D eigenvalue weighted by Crippen LogP contribution is 2.13. The molecule has 6 nitrogen and oxygen atoms in total. The Morgan fingerprint density at radius 1 is 0.962 bits per heavy atom. The molecule has 26 heavy (non-hydrogen) atoms. The van der Waals surface area contributed by atoms with Crippen LogP contribution in [0, 0.1) is 0 Å². The summed E-state index contributed by atoms with van der Waals surface area (Å²) in [4.78, 5) is 24.4. The summed E-state index contributed by atoms with van der Waals surface area (Å²) < 4.78 is 0. The highest BCUT2D eigenvalue weighted by molar-refractivity contribution is 6.00. The summed E-state index contributed by atoms with van der Waals surface area (Å²) in [6.45, 7) is 3.08. The van der Waals surface area contributed by atoms with Gasteiger partial charge in [0.05, 0.1) is 0 Å². The summed E-state index contributed by atoms with van der Waals surface area (Å²) in [6, 6.07) is 16.2. The Bertz CT molecular complexity index is 746. The van der Waals surface area contributed by atoms with Gasteiger partial charge in [0.25, 0.3) is 5.91 Å². The Kier molecular flexibility index (Phi) is 5.86. The fourth-order valence-corrected chi connectivity index (χ4v) is 3.01. The van der Waals surface area contributed by atoms with Gasteiger partial charge in [-0.2, -0.15) is 0 Å². The molecule has 1 heterocycles. The minimum Gasteiger partial charge on any atom is -0.348 e. The van der Waals surface area contributed by atoms with Gasteiger partial charge < -0.3 is 21.3 Å². The van der Waals surface area contributed by atoms with Crippen LogP contribution in [-0.4, -0.2) is 30.6 Å². The number of anilines is 2. The molecule has 1 aliphatic rings. The van der Waals surface area contributed by atoms with Gasteiger partial charge in [0.2, 0.25) is 0 Å². The highest BCUT2D eigenvalue weighted by atomic mass is 16.2. The number of para-hydroxylation sites is 1. The number of carbonyl (C=O) groups is 2. The lowest BCUT2D eigenvalue weighted by molar-refractivity contribution is 0.0920. The SMILES string of the molecule is CC1NCCCC1NC(=O)c1ccc(NC(=O)Nc2ccccc2)cc1. The summed E-state index contributed by atoms with van der Waals surface area (Å²) in [6.07, 6.45) is 2.05. The van der Waals surface area contributed by atoms with Gasteiger partial charge in [0.15, 0.2) is 0 Å². The third kappa shape index (κ3) is 4.83. The molecule has 2 atom stereocenters. The van der Waals surface area contributed by atoms with Crippen molar-refractivity contribution < 1.29 is 9.59 Å². The Hall–Kier alpha value is -2.86. The number of amides is 3. The molecule has 3 rings (SSSR count). The molecule has 0 bridgehead atoms. The van der Waals surface area contributed by atoms with E-state index in [1.807, 2.05) is 30.3 Å². The molecular formula is C20H24N4O2. The van der Waals surface area contributed by atoms with Gasteiger partial charge in [-0.05, 0) is 62.7 Å². The molecule has 1 fully saturated rings. The van der Waals surface area contributed by atoms with E-state index in [4.69, 9.17) is 0 Å². The van der Waals surface area contributed by atoms with Crippen LogP contribution in [0.2, 0.25) is 0 Å². The fraction of sp³-hybridized carbons (Fsp3) is 0.300. The summed E-state index contributed by atoms with van der Waals surface area (Å²) in [5, 5.41) is 12.0. The van der Waals surface area contributed by atoms with Crippen molar-refractivity contribution >= 4 is 23.3 Å². The zero-order valence-corrected chi connectivity index (χ0v) is 14.8. The number of rotatable bonds is 4. The summed E-state index contributed by atoms with van der Waals surface area (Å²) in [5.74, 6) is -0.0918. The Morgan fingerprint density at radius 3 is 2.27 bits per heavy atom. The molecule has 0 spiro atoms. The van der Waals surface area contributed by atoms with Gasteiger partial charge in [-0.1, -0.05) is 18.2 Å². The van der Waals surface area contributed by atoms with Gasteiger partial charge in [0.1, 0.15) is 0 Å². The predicted octanol–water partition coefficient (Wildman–Crippen LogP) is 3.20. The van der Waals surface area contributed by atoms with E-state index in [0.717, 1.165) is 25.1 Å². The van der Waals surface area contributed by atoms with Crippen LogP contribution in [0.3, 0.4) is 0 Å². The number of benzene rings is 2. The largest absolute Gasteiger partial charge is 0.348 e. The molecule has 1 saturated heterocycles. The Balaban J connectivity index is 1.54. The van der Waals surface area contributed by atoms with Crippen LogP contribution in [0.1, 0.15) is 30.1 Å². The van der Waals surface area contributed by atoms with E-state index >= 15 is 0 Å². The molecule has 136 valence electrons. The standard InChI is InChI=1S/C20H24N4O2/c1-14-18(8-5-13-21-14)24-19(25)15-9-11-17(12-10-15)23-20(26)22-16-6-3-2-4-7-16/h2-4,6-7,9-12,14,18,21H,5,8,13H2,1H3,(H,24,25)(H2,22,23,26). The number of urea groups is 1. The number of nitrogens with one attached hydrogen (secondary N) is 4. The summed E-state index contributed by atoms with van der Waals surface area (Å²) >= 11 is 0. The first-order valence-corrected chi connectivity index (χ1v) is 8.89. The second-order valence-electron chi connectivity index (χ2n) is 6.49. The molecule has 2 aromatic carbocycles. The maximum atomic E-state index is 12.4. The smallest absolute Gasteiger partial charge is 0.323 e. The average Bonchev–Trinajstić information content (AvgIpc) is 2.65. The first-order chi connectivity index (χ1) is 12.6. The van der Waals surface area contributed by atoms with Crippen molar-refractivity contribution in [1.82, 2.24) is 10.6 Å². The second-order valence-corrected chi connectivity index (χ2v) is 6.49. The van der Waals surface area contributed by atoms with E-state index in [-0.39, 0.29) is 24.0 Å². The molecule has 3 amide bonds. The van der Waals surface area contributed by atoms with Crippen LogP contribution >= 0.6 is 0 Å². The highest BCUT2D eigenvalue weighted by Gasteiger charge is 2.22. The van der Waals surface area contributed by atoms with Gasteiger partial charge in [0, 0.05) is 29.0 Å². The quantitative estimate of drug-likeness (QED) is 0.682. The maximum Gasteiger partial charge on any atom is 0.323 e. The van der Waals surface area contributed by atoms with Crippen LogP contribution in [0.25, 0.3) is 0 Å². The monoisotopic (exact) mass is 352 g/mol. The van der Waals surface area contributed by atoms with E-state index in [9.17, 15) is 9.59 Å². The van der Waals surface area contributed by atoms with Crippen molar-refractivity contribution in [2.24, 2.45) is 0 Å². The van der Waals surface area contributed by atoms with E-state index in [2.05, 4.69) is 28.2 Å². The zero-order valence-electron chi connectivity index (χ0n) is 14.8. The van der Waals surface area contributed by atoms with Crippen LogP contribution in [0.5, 0.6) is 0 Å². The van der Waals surface area contributed by atoms with E-state index in [1.54, 1.807) is 24.3 Å². The van der Waals surface area contributed by atoms with Crippen molar-refractivity contribution in [2.45, 2.75) is 31.8 Å². The van der Waals surface area contributed by atoms with Crippen LogP contribution in [0.15, 0.2) is 54.6 Å². The van der Waals surface area contributed by atoms with E-state index < -0.39 is 0 Å². The molecule has 6 heteroatoms. The lowest BCUT2D eigenvalue weighted by Crippen LogP contribution is -2.51. The molecule has 1 aliphatic heterocycles. The van der Waals surface area contributed by atoms with Gasteiger partial charge in [-0.15, -0.1) is 0 Å². The van der Waals surface area contributed by atoms with Crippen LogP contribution in [-0.2, 0) is 0 Å². The van der Waals surface area contributed by atoms with Gasteiger partial charge in [-0.25, -0.2) is 4.79 Å². The topological polar surface area (TPSA) is 82.3 Å². The summed E-state index contributed by atoms with van der Waals surface area (Å²) in [7, 11) is 0. The third-order valence-electron chi connectivity index (χ3n) is 4.51. The van der Waals surface area contributed by atoms with Crippen molar-refractivity contribution in [1.29, 1.82) is 0 Å². The number of carbonyl (C=O) groups excluding carboxylic acids is 2.